The van der Waals surface area contributed by atoms with Crippen molar-refractivity contribution in [1.29, 1.82) is 5.26 Å². The average molecular weight is 766 g/mol. The number of nitriles is 1. The number of carbonyl (C=O) groups excluding carboxylic acids is 4. The van der Waals surface area contributed by atoms with E-state index in [4.69, 9.17) is 30.5 Å². The number of benzene rings is 2. The molecular weight excluding hydrogens is 722 g/mol. The maximum atomic E-state index is 14.1. The summed E-state index contributed by atoms with van der Waals surface area (Å²) < 4.78 is 24.0. The minimum absolute atomic E-state index is 0.0874. The Morgan fingerprint density at radius 2 is 1.52 bits per heavy atom. The monoisotopic (exact) mass is 765 g/mol. The van der Waals surface area contributed by atoms with Gasteiger partial charge in [-0.3, -0.25) is 4.79 Å². The van der Waals surface area contributed by atoms with Gasteiger partial charge in [-0.2, -0.15) is 10.2 Å². The Morgan fingerprint density at radius 3 is 2.07 bits per heavy atom. The van der Waals surface area contributed by atoms with E-state index in [2.05, 4.69) is 6.07 Å². The van der Waals surface area contributed by atoms with Crippen LogP contribution in [0.15, 0.2) is 30.3 Å². The van der Waals surface area contributed by atoms with Crippen LogP contribution in [-0.2, 0) is 14.2 Å². The van der Waals surface area contributed by atoms with Gasteiger partial charge in [0.05, 0.1) is 23.7 Å². The topological polar surface area (TPSA) is 181 Å². The number of carboxylic acid groups (broad SMARTS) is 1. The fourth-order valence-electron chi connectivity index (χ4n) is 6.27. The highest BCUT2D eigenvalue weighted by Gasteiger charge is 2.41. The zero-order valence-corrected chi connectivity index (χ0v) is 32.5. The first-order chi connectivity index (χ1) is 25.0. The van der Waals surface area contributed by atoms with Crippen LogP contribution in [0, 0.1) is 11.3 Å². The highest BCUT2D eigenvalue weighted by molar-refractivity contribution is 6.34. The van der Waals surface area contributed by atoms with E-state index >= 15 is 0 Å². The van der Waals surface area contributed by atoms with E-state index in [1.807, 2.05) is 0 Å². The molecule has 288 valence electrons. The third-order valence-electron chi connectivity index (χ3n) is 8.33. The van der Waals surface area contributed by atoms with E-state index in [0.29, 0.717) is 22.4 Å². The molecule has 1 aromatic heterocycles. The smallest absolute Gasteiger partial charge is 0.425 e. The van der Waals surface area contributed by atoms with Crippen LogP contribution >= 0.6 is 11.6 Å². The Balaban J connectivity index is 1.76. The molecule has 3 aromatic rings. The normalized spacial score (nSPS) is 16.2. The number of hydrogen-bond donors (Lipinski definition) is 1. The molecule has 15 nitrogen and oxygen atoms in total. The van der Waals surface area contributed by atoms with Gasteiger partial charge in [-0.25, -0.2) is 23.7 Å². The summed E-state index contributed by atoms with van der Waals surface area (Å²) in [5.41, 5.74) is -2.65. The van der Waals surface area contributed by atoms with Crippen molar-refractivity contribution in [3.8, 4) is 22.9 Å². The number of imide groups is 1. The summed E-state index contributed by atoms with van der Waals surface area (Å²) in [6.07, 6.45) is -4.12. The molecule has 2 aliphatic heterocycles. The molecule has 2 aromatic carbocycles. The second-order valence-electron chi connectivity index (χ2n) is 16.0. The van der Waals surface area contributed by atoms with E-state index < -0.39 is 53.0 Å². The summed E-state index contributed by atoms with van der Waals surface area (Å²) in [7, 11) is 0. The van der Waals surface area contributed by atoms with E-state index in [-0.39, 0.29) is 65.0 Å². The van der Waals surface area contributed by atoms with Gasteiger partial charge in [0.1, 0.15) is 34.2 Å². The Labute approximate surface area is 317 Å². The number of carbonyl (C=O) groups is 5. The van der Waals surface area contributed by atoms with Crippen molar-refractivity contribution in [3.05, 3.63) is 46.5 Å². The molecule has 4 amide bonds. The molecule has 5 rings (SSSR count). The number of amides is 4. The van der Waals surface area contributed by atoms with Crippen LogP contribution in [0.25, 0.3) is 22.0 Å². The average Bonchev–Trinajstić information content (AvgIpc) is 3.35. The molecule has 0 aliphatic carbocycles. The number of piperazine rings is 1. The van der Waals surface area contributed by atoms with Gasteiger partial charge >= 0.3 is 24.4 Å². The lowest BCUT2D eigenvalue weighted by atomic mass is 9.96. The van der Waals surface area contributed by atoms with Crippen LogP contribution in [-0.4, -0.2) is 98.8 Å². The van der Waals surface area contributed by atoms with Crippen molar-refractivity contribution in [3.63, 3.8) is 0 Å². The summed E-state index contributed by atoms with van der Waals surface area (Å²) in [5, 5.41) is 20.6. The van der Waals surface area contributed by atoms with Crippen LogP contribution in [0.2, 0.25) is 5.02 Å². The predicted molar refractivity (Wildman–Crippen MR) is 198 cm³/mol. The number of aromatic nitrogens is 1. The summed E-state index contributed by atoms with van der Waals surface area (Å²) >= 11 is 6.94. The summed E-state index contributed by atoms with van der Waals surface area (Å²) in [5.74, 6) is -0.657. The molecule has 0 bridgehead atoms. The van der Waals surface area contributed by atoms with Gasteiger partial charge < -0.3 is 33.9 Å². The van der Waals surface area contributed by atoms with E-state index in [9.17, 15) is 34.3 Å². The first-order valence-electron chi connectivity index (χ1n) is 17.3. The molecule has 16 heteroatoms. The van der Waals surface area contributed by atoms with Crippen molar-refractivity contribution >= 4 is 58.6 Å². The molecule has 54 heavy (non-hydrogen) atoms. The molecule has 1 fully saturated rings. The van der Waals surface area contributed by atoms with Crippen LogP contribution in [0.5, 0.6) is 5.75 Å². The number of anilines is 1. The SMILES string of the molecule is CC(C)(C)OC(=O)N(C(=O)OC(C)(C)C)c1c(C#N)c2c(-c3cc4c(cc3Cl)C(=O)N3CCN(C(=O)O)C[C@@H]3CCO4)cccc2n1C(=O)OC(C)(C)C. The lowest BCUT2D eigenvalue weighted by molar-refractivity contribution is 0.0373. The number of nitrogens with zero attached hydrogens (tertiary/aromatic N) is 5. The summed E-state index contributed by atoms with van der Waals surface area (Å²) in [6.45, 7) is 15.1. The van der Waals surface area contributed by atoms with Gasteiger partial charge in [0, 0.05) is 42.0 Å². The quantitative estimate of drug-likeness (QED) is 0.251. The summed E-state index contributed by atoms with van der Waals surface area (Å²) in [6, 6.07) is 9.45. The second-order valence-corrected chi connectivity index (χ2v) is 16.4. The van der Waals surface area contributed by atoms with Crippen LogP contribution < -0.4 is 9.64 Å². The predicted octanol–water partition coefficient (Wildman–Crippen LogP) is 7.88. The Bertz CT molecular complexity index is 2050. The first kappa shape index (κ1) is 39.7. The number of fused-ring (bicyclic) bond motifs is 3. The number of rotatable bonds is 2. The van der Waals surface area contributed by atoms with Crippen molar-refractivity contribution in [2.75, 3.05) is 31.1 Å². The van der Waals surface area contributed by atoms with Crippen molar-refractivity contribution < 1.29 is 48.0 Å². The molecule has 0 radical (unpaired) electrons. The molecule has 1 N–H and O–H groups in total. The first-order valence-corrected chi connectivity index (χ1v) is 17.7. The molecule has 0 unspecified atom stereocenters. The lowest BCUT2D eigenvalue weighted by Gasteiger charge is -2.41. The third kappa shape index (κ3) is 8.18. The number of hydrogen-bond acceptors (Lipinski definition) is 10. The van der Waals surface area contributed by atoms with Crippen LogP contribution in [0.3, 0.4) is 0 Å². The van der Waals surface area contributed by atoms with Gasteiger partial charge in [0.2, 0.25) is 0 Å². The maximum Gasteiger partial charge on any atom is 0.425 e. The Hall–Kier alpha value is -5.49. The number of halogens is 1. The zero-order chi connectivity index (χ0) is 40.1. The number of ether oxygens (including phenoxy) is 4. The fourth-order valence-corrected chi connectivity index (χ4v) is 6.54. The molecule has 1 atom stereocenters. The Morgan fingerprint density at radius 1 is 0.907 bits per heavy atom. The highest BCUT2D eigenvalue weighted by Crippen LogP contribution is 2.44. The van der Waals surface area contributed by atoms with Crippen molar-refractivity contribution in [2.45, 2.75) is 91.6 Å². The van der Waals surface area contributed by atoms with Gasteiger partial charge in [0.15, 0.2) is 5.82 Å². The fraction of sp³-hybridized carbons (Fsp3) is 0.474. The van der Waals surface area contributed by atoms with Gasteiger partial charge in [0.25, 0.3) is 5.91 Å². The maximum absolute atomic E-state index is 14.1. The Kier molecular flexibility index (Phi) is 10.6. The highest BCUT2D eigenvalue weighted by atomic mass is 35.5. The standard InChI is InChI=1S/C38H44ClN5O10/c1-36(2,3)52-33(48)43-27-12-10-11-22(29(27)25(19-40)30(43)44(34(49)53-37(4,5)6)35(50)54-38(7,8)9)23-18-28-24(17-26(23)39)31(45)42-15-14-41(32(46)47)20-21(42)13-16-51-28/h10-12,17-18,21H,13-16,20H2,1-9H3,(H,46,47)/t21-/m0/s1. The van der Waals surface area contributed by atoms with E-state index in [1.54, 1.807) is 85.4 Å². The minimum atomic E-state index is -1.21. The van der Waals surface area contributed by atoms with Crippen LogP contribution in [0.4, 0.5) is 25.0 Å². The minimum Gasteiger partial charge on any atom is -0.493 e. The molecule has 0 saturated carbocycles. The molecule has 0 spiro atoms. The lowest BCUT2D eigenvalue weighted by Crippen LogP contribution is -2.57. The molecule has 1 saturated heterocycles. The third-order valence-corrected chi connectivity index (χ3v) is 8.65. The van der Waals surface area contributed by atoms with Gasteiger partial charge in [-0.15, -0.1) is 0 Å². The van der Waals surface area contributed by atoms with E-state index in [0.717, 1.165) is 4.57 Å². The molecular formula is C38H44ClN5O10. The van der Waals surface area contributed by atoms with Crippen molar-refractivity contribution in [1.82, 2.24) is 14.4 Å². The van der Waals surface area contributed by atoms with Crippen LogP contribution in [0.1, 0.15) is 84.7 Å². The van der Waals surface area contributed by atoms with E-state index in [1.165, 1.54) is 17.0 Å². The van der Waals surface area contributed by atoms with Crippen molar-refractivity contribution in [2.24, 2.45) is 0 Å². The summed E-state index contributed by atoms with van der Waals surface area (Å²) in [4.78, 5) is 70.9. The van der Waals surface area contributed by atoms with Gasteiger partial charge in [-0.05, 0) is 86.1 Å². The largest absolute Gasteiger partial charge is 0.493 e. The van der Waals surface area contributed by atoms with Gasteiger partial charge in [-0.1, -0.05) is 23.7 Å². The molecule has 2 aliphatic rings. The second kappa shape index (κ2) is 14.4. The zero-order valence-electron chi connectivity index (χ0n) is 31.7. The molecule has 3 heterocycles.